The maximum absolute atomic E-state index is 13.3. The topological polar surface area (TPSA) is 39.2 Å². The molecule has 3 nitrogen and oxygen atoms in total. The Kier molecular flexibility index (Phi) is 3.62. The summed E-state index contributed by atoms with van der Waals surface area (Å²) in [7, 11) is 0. The Balaban J connectivity index is 2.21. The van der Waals surface area contributed by atoms with Crippen LogP contribution >= 0.6 is 0 Å². The number of rotatable bonds is 4. The summed E-state index contributed by atoms with van der Waals surface area (Å²) in [5.74, 6) is -1.87. The maximum atomic E-state index is 13.3. The molecule has 92 valence electrons. The van der Waals surface area contributed by atoms with Crippen LogP contribution in [0.25, 0.3) is 0 Å². The SMILES string of the molecule is O=Cc1c(F)cc(F)cc1OCc1ccccn1. The van der Waals surface area contributed by atoms with Gasteiger partial charge >= 0.3 is 0 Å². The molecule has 0 atom stereocenters. The van der Waals surface area contributed by atoms with E-state index in [1.807, 2.05) is 0 Å². The van der Waals surface area contributed by atoms with Gasteiger partial charge in [0.2, 0.25) is 0 Å². The first-order chi connectivity index (χ1) is 8.70. The first-order valence-electron chi connectivity index (χ1n) is 5.17. The molecule has 0 unspecified atom stereocenters. The molecule has 0 saturated heterocycles. The van der Waals surface area contributed by atoms with Gasteiger partial charge in [0.1, 0.15) is 24.0 Å². The first-order valence-corrected chi connectivity index (χ1v) is 5.17. The summed E-state index contributed by atoms with van der Waals surface area (Å²) in [6.07, 6.45) is 1.87. The number of carbonyl (C=O) groups excluding carboxylic acids is 1. The number of hydrogen-bond donors (Lipinski definition) is 0. The zero-order chi connectivity index (χ0) is 13.0. The molecular formula is C13H9F2NO2. The zero-order valence-corrected chi connectivity index (χ0v) is 9.27. The first kappa shape index (κ1) is 12.2. The Morgan fingerprint density at radius 3 is 2.78 bits per heavy atom. The molecule has 0 N–H and O–H groups in total. The van der Waals surface area contributed by atoms with Crippen LogP contribution in [0, 0.1) is 11.6 Å². The van der Waals surface area contributed by atoms with Gasteiger partial charge in [-0.2, -0.15) is 0 Å². The van der Waals surface area contributed by atoms with Crippen molar-refractivity contribution in [1.29, 1.82) is 0 Å². The van der Waals surface area contributed by atoms with Crippen LogP contribution in [0.4, 0.5) is 8.78 Å². The molecule has 0 radical (unpaired) electrons. The van der Waals surface area contributed by atoms with Gasteiger partial charge in [-0.1, -0.05) is 6.07 Å². The number of aldehydes is 1. The van der Waals surface area contributed by atoms with Crippen molar-refractivity contribution in [2.45, 2.75) is 6.61 Å². The van der Waals surface area contributed by atoms with Crippen molar-refractivity contribution in [3.05, 3.63) is 59.4 Å². The molecule has 0 saturated carbocycles. The molecule has 0 aliphatic carbocycles. The Bertz CT molecular complexity index is 558. The van der Waals surface area contributed by atoms with Crippen molar-refractivity contribution in [1.82, 2.24) is 4.98 Å². The Morgan fingerprint density at radius 1 is 1.28 bits per heavy atom. The monoisotopic (exact) mass is 249 g/mol. The molecule has 1 heterocycles. The summed E-state index contributed by atoms with van der Waals surface area (Å²) in [6, 6.07) is 6.81. The summed E-state index contributed by atoms with van der Waals surface area (Å²) in [5, 5.41) is 0. The third-order valence-electron chi connectivity index (χ3n) is 2.28. The van der Waals surface area contributed by atoms with Crippen molar-refractivity contribution in [3.63, 3.8) is 0 Å². The van der Waals surface area contributed by atoms with Crippen LogP contribution in [-0.2, 0) is 6.61 Å². The van der Waals surface area contributed by atoms with E-state index in [-0.39, 0.29) is 17.9 Å². The minimum absolute atomic E-state index is 0.0323. The van der Waals surface area contributed by atoms with E-state index < -0.39 is 11.6 Å². The second kappa shape index (κ2) is 5.35. The third kappa shape index (κ3) is 2.68. The number of nitrogens with zero attached hydrogens (tertiary/aromatic N) is 1. The van der Waals surface area contributed by atoms with Crippen LogP contribution in [0.3, 0.4) is 0 Å². The minimum atomic E-state index is -0.943. The standard InChI is InChI=1S/C13H9F2NO2/c14-9-5-12(15)11(7-17)13(6-9)18-8-10-3-1-2-4-16-10/h1-7H,8H2. The van der Waals surface area contributed by atoms with Crippen LogP contribution in [0.15, 0.2) is 36.5 Å². The van der Waals surface area contributed by atoms with E-state index in [2.05, 4.69) is 4.98 Å². The lowest BCUT2D eigenvalue weighted by Gasteiger charge is -2.08. The molecule has 18 heavy (non-hydrogen) atoms. The van der Waals surface area contributed by atoms with Gasteiger partial charge in [-0.3, -0.25) is 9.78 Å². The normalized spacial score (nSPS) is 10.1. The van der Waals surface area contributed by atoms with Gasteiger partial charge in [0.05, 0.1) is 11.3 Å². The van der Waals surface area contributed by atoms with Gasteiger partial charge in [0.25, 0.3) is 0 Å². The van der Waals surface area contributed by atoms with E-state index in [4.69, 9.17) is 4.74 Å². The smallest absolute Gasteiger partial charge is 0.156 e. The molecule has 0 aliphatic rings. The van der Waals surface area contributed by atoms with E-state index in [0.29, 0.717) is 18.0 Å². The van der Waals surface area contributed by atoms with Gasteiger partial charge in [-0.15, -0.1) is 0 Å². The predicted octanol–water partition coefficient (Wildman–Crippen LogP) is 2.75. The van der Waals surface area contributed by atoms with Crippen LogP contribution in [0.5, 0.6) is 5.75 Å². The largest absolute Gasteiger partial charge is 0.486 e. The molecule has 0 fully saturated rings. The van der Waals surface area contributed by atoms with Crippen molar-refractivity contribution in [2.75, 3.05) is 0 Å². The van der Waals surface area contributed by atoms with E-state index in [1.54, 1.807) is 24.4 Å². The molecule has 1 aromatic carbocycles. The predicted molar refractivity (Wildman–Crippen MR) is 60.3 cm³/mol. The highest BCUT2D eigenvalue weighted by atomic mass is 19.1. The fraction of sp³-hybridized carbons (Fsp3) is 0.0769. The summed E-state index contributed by atoms with van der Waals surface area (Å²) in [4.78, 5) is 14.7. The Hall–Kier alpha value is -2.30. The van der Waals surface area contributed by atoms with E-state index in [9.17, 15) is 13.6 Å². The second-order valence-corrected chi connectivity index (χ2v) is 3.53. The van der Waals surface area contributed by atoms with E-state index >= 15 is 0 Å². The zero-order valence-electron chi connectivity index (χ0n) is 9.27. The highest BCUT2D eigenvalue weighted by molar-refractivity contribution is 5.79. The van der Waals surface area contributed by atoms with Gasteiger partial charge in [0.15, 0.2) is 6.29 Å². The van der Waals surface area contributed by atoms with Crippen molar-refractivity contribution in [2.24, 2.45) is 0 Å². The van der Waals surface area contributed by atoms with Crippen molar-refractivity contribution >= 4 is 6.29 Å². The number of ether oxygens (including phenoxy) is 1. The quantitative estimate of drug-likeness (QED) is 0.782. The molecule has 0 aliphatic heterocycles. The fourth-order valence-corrected chi connectivity index (χ4v) is 1.43. The molecule has 1 aromatic heterocycles. The van der Waals surface area contributed by atoms with Crippen LogP contribution in [0.1, 0.15) is 16.1 Å². The lowest BCUT2D eigenvalue weighted by Crippen LogP contribution is -2.02. The van der Waals surface area contributed by atoms with Crippen molar-refractivity contribution in [3.8, 4) is 5.75 Å². The summed E-state index contributed by atoms with van der Waals surface area (Å²) >= 11 is 0. The number of aromatic nitrogens is 1. The molecule has 2 rings (SSSR count). The Morgan fingerprint density at radius 2 is 2.11 bits per heavy atom. The van der Waals surface area contributed by atoms with Gasteiger partial charge in [-0.25, -0.2) is 8.78 Å². The fourth-order valence-electron chi connectivity index (χ4n) is 1.43. The molecule has 5 heteroatoms. The number of hydrogen-bond acceptors (Lipinski definition) is 3. The van der Waals surface area contributed by atoms with Crippen LogP contribution in [0.2, 0.25) is 0 Å². The number of carbonyl (C=O) groups is 1. The summed E-state index contributed by atoms with van der Waals surface area (Å²) in [5.41, 5.74) is 0.298. The highest BCUT2D eigenvalue weighted by Crippen LogP contribution is 2.22. The molecule has 0 amide bonds. The second-order valence-electron chi connectivity index (χ2n) is 3.53. The van der Waals surface area contributed by atoms with Gasteiger partial charge in [0, 0.05) is 18.3 Å². The number of halogens is 2. The summed E-state index contributed by atoms with van der Waals surface area (Å²) in [6.45, 7) is 0.0323. The maximum Gasteiger partial charge on any atom is 0.156 e. The third-order valence-corrected chi connectivity index (χ3v) is 2.28. The molecule has 0 bridgehead atoms. The number of pyridine rings is 1. The van der Waals surface area contributed by atoms with Gasteiger partial charge < -0.3 is 4.74 Å². The van der Waals surface area contributed by atoms with E-state index in [1.165, 1.54) is 0 Å². The van der Waals surface area contributed by atoms with E-state index in [0.717, 1.165) is 6.07 Å². The average Bonchev–Trinajstić information content (AvgIpc) is 2.37. The van der Waals surface area contributed by atoms with Crippen molar-refractivity contribution < 1.29 is 18.3 Å². The van der Waals surface area contributed by atoms with Gasteiger partial charge in [-0.05, 0) is 12.1 Å². The lowest BCUT2D eigenvalue weighted by atomic mass is 10.2. The molecule has 2 aromatic rings. The minimum Gasteiger partial charge on any atom is -0.486 e. The molecular weight excluding hydrogens is 240 g/mol. The molecule has 0 spiro atoms. The average molecular weight is 249 g/mol. The van der Waals surface area contributed by atoms with Crippen LogP contribution in [-0.4, -0.2) is 11.3 Å². The van der Waals surface area contributed by atoms with Crippen LogP contribution < -0.4 is 4.74 Å². The highest BCUT2D eigenvalue weighted by Gasteiger charge is 2.12. The number of benzene rings is 1. The summed E-state index contributed by atoms with van der Waals surface area (Å²) < 4.78 is 31.5. The Labute approximate surface area is 102 Å². The lowest BCUT2D eigenvalue weighted by molar-refractivity contribution is 0.111.